The van der Waals surface area contributed by atoms with E-state index in [0.717, 1.165) is 26.1 Å². The molecule has 0 aromatic heterocycles. The summed E-state index contributed by atoms with van der Waals surface area (Å²) in [6, 6.07) is 7.75. The first kappa shape index (κ1) is 11.1. The van der Waals surface area contributed by atoms with Crippen LogP contribution in [0.2, 0.25) is 0 Å². The number of nitrogens with two attached hydrogens (primary N) is 2. The first-order valence-electron chi connectivity index (χ1n) is 5.52. The second-order valence-electron chi connectivity index (χ2n) is 4.35. The predicted molar refractivity (Wildman–Crippen MR) is 62.8 cm³/mol. The standard InChI is InChI=1S/C12H17N3O/c13-11-5-6-15(8-11)7-9-1-3-10(4-2-9)12(14)16/h1-4,11H,5-8,13H2,(H2,14,16)/t11-/m1/s1. The molecule has 1 aromatic carbocycles. The molecule has 0 radical (unpaired) electrons. The van der Waals surface area contributed by atoms with Gasteiger partial charge in [0, 0.05) is 31.2 Å². The van der Waals surface area contributed by atoms with Crippen LogP contribution in [0.25, 0.3) is 0 Å². The highest BCUT2D eigenvalue weighted by atomic mass is 16.1. The van der Waals surface area contributed by atoms with Gasteiger partial charge in [0.25, 0.3) is 0 Å². The van der Waals surface area contributed by atoms with Crippen molar-refractivity contribution in [1.29, 1.82) is 0 Å². The van der Waals surface area contributed by atoms with E-state index in [1.807, 2.05) is 12.1 Å². The maximum Gasteiger partial charge on any atom is 0.248 e. The number of likely N-dealkylation sites (tertiary alicyclic amines) is 1. The minimum Gasteiger partial charge on any atom is -0.366 e. The molecule has 0 unspecified atom stereocenters. The lowest BCUT2D eigenvalue weighted by Crippen LogP contribution is -2.26. The number of benzene rings is 1. The largest absolute Gasteiger partial charge is 0.366 e. The molecular formula is C12H17N3O. The third kappa shape index (κ3) is 2.59. The Morgan fingerprint density at radius 2 is 2.06 bits per heavy atom. The number of amides is 1. The van der Waals surface area contributed by atoms with E-state index in [2.05, 4.69) is 4.90 Å². The van der Waals surface area contributed by atoms with Crippen molar-refractivity contribution in [3.8, 4) is 0 Å². The Morgan fingerprint density at radius 1 is 1.38 bits per heavy atom. The molecule has 86 valence electrons. The molecule has 2 rings (SSSR count). The molecule has 16 heavy (non-hydrogen) atoms. The van der Waals surface area contributed by atoms with Crippen LogP contribution in [-0.2, 0) is 6.54 Å². The maximum absolute atomic E-state index is 10.9. The summed E-state index contributed by atoms with van der Waals surface area (Å²) in [6.45, 7) is 2.91. The molecule has 1 aliphatic heterocycles. The quantitative estimate of drug-likeness (QED) is 0.769. The monoisotopic (exact) mass is 219 g/mol. The molecule has 0 bridgehead atoms. The molecule has 4 heteroatoms. The Labute approximate surface area is 95.2 Å². The fourth-order valence-electron chi connectivity index (χ4n) is 2.04. The molecule has 0 spiro atoms. The summed E-state index contributed by atoms with van der Waals surface area (Å²) >= 11 is 0. The van der Waals surface area contributed by atoms with E-state index >= 15 is 0 Å². The van der Waals surface area contributed by atoms with Crippen LogP contribution in [0.3, 0.4) is 0 Å². The number of primary amides is 1. The first-order valence-corrected chi connectivity index (χ1v) is 5.52. The molecule has 1 aliphatic rings. The second-order valence-corrected chi connectivity index (χ2v) is 4.35. The fourth-order valence-corrected chi connectivity index (χ4v) is 2.04. The average Bonchev–Trinajstić information content (AvgIpc) is 2.65. The molecule has 1 amide bonds. The Kier molecular flexibility index (Phi) is 3.22. The molecule has 1 fully saturated rings. The Hall–Kier alpha value is -1.39. The maximum atomic E-state index is 10.9. The van der Waals surface area contributed by atoms with E-state index in [1.165, 1.54) is 5.56 Å². The molecule has 4 N–H and O–H groups in total. The van der Waals surface area contributed by atoms with Gasteiger partial charge in [-0.15, -0.1) is 0 Å². The summed E-state index contributed by atoms with van der Waals surface area (Å²) in [5, 5.41) is 0. The lowest BCUT2D eigenvalue weighted by Gasteiger charge is -2.15. The predicted octanol–water partition coefficient (Wildman–Crippen LogP) is 0.319. The molecule has 0 saturated carbocycles. The smallest absolute Gasteiger partial charge is 0.248 e. The van der Waals surface area contributed by atoms with Crippen molar-refractivity contribution in [2.75, 3.05) is 13.1 Å². The highest BCUT2D eigenvalue weighted by Crippen LogP contribution is 2.12. The zero-order chi connectivity index (χ0) is 11.5. The topological polar surface area (TPSA) is 72.4 Å². The summed E-state index contributed by atoms with van der Waals surface area (Å²) in [5.74, 6) is -0.380. The molecule has 4 nitrogen and oxygen atoms in total. The lowest BCUT2D eigenvalue weighted by atomic mass is 10.1. The van der Waals surface area contributed by atoms with Crippen molar-refractivity contribution in [2.24, 2.45) is 11.5 Å². The van der Waals surface area contributed by atoms with Crippen LogP contribution in [-0.4, -0.2) is 29.9 Å². The third-order valence-corrected chi connectivity index (χ3v) is 2.95. The third-order valence-electron chi connectivity index (χ3n) is 2.95. The number of hydrogen-bond acceptors (Lipinski definition) is 3. The number of carbonyl (C=O) groups is 1. The minimum atomic E-state index is -0.380. The van der Waals surface area contributed by atoms with E-state index in [1.54, 1.807) is 12.1 Å². The first-order chi connectivity index (χ1) is 7.65. The van der Waals surface area contributed by atoms with Gasteiger partial charge in [0.15, 0.2) is 0 Å². The van der Waals surface area contributed by atoms with Gasteiger partial charge in [-0.2, -0.15) is 0 Å². The summed E-state index contributed by atoms with van der Waals surface area (Å²) in [4.78, 5) is 13.2. The van der Waals surface area contributed by atoms with E-state index in [-0.39, 0.29) is 5.91 Å². The van der Waals surface area contributed by atoms with Crippen LogP contribution >= 0.6 is 0 Å². The van der Waals surface area contributed by atoms with Gasteiger partial charge in [-0.1, -0.05) is 12.1 Å². The van der Waals surface area contributed by atoms with Gasteiger partial charge in [0.05, 0.1) is 0 Å². The molecule has 1 atom stereocenters. The molecule has 1 heterocycles. The molecular weight excluding hydrogens is 202 g/mol. The highest BCUT2D eigenvalue weighted by molar-refractivity contribution is 5.92. The van der Waals surface area contributed by atoms with Crippen LogP contribution in [0.5, 0.6) is 0 Å². The van der Waals surface area contributed by atoms with Crippen LogP contribution in [0.1, 0.15) is 22.3 Å². The summed E-state index contributed by atoms with van der Waals surface area (Å²) < 4.78 is 0. The number of hydrogen-bond donors (Lipinski definition) is 2. The van der Waals surface area contributed by atoms with Crippen molar-refractivity contribution < 1.29 is 4.79 Å². The van der Waals surface area contributed by atoms with Crippen molar-refractivity contribution in [3.05, 3.63) is 35.4 Å². The van der Waals surface area contributed by atoms with Gasteiger partial charge in [0.1, 0.15) is 0 Å². The van der Waals surface area contributed by atoms with Gasteiger partial charge < -0.3 is 11.5 Å². The van der Waals surface area contributed by atoms with Gasteiger partial charge >= 0.3 is 0 Å². The van der Waals surface area contributed by atoms with Gasteiger partial charge in [-0.25, -0.2) is 0 Å². The second kappa shape index (κ2) is 4.63. The number of carbonyl (C=O) groups excluding carboxylic acids is 1. The van der Waals surface area contributed by atoms with Crippen LogP contribution in [0.4, 0.5) is 0 Å². The van der Waals surface area contributed by atoms with E-state index in [0.29, 0.717) is 11.6 Å². The Bertz CT molecular complexity index is 374. The molecule has 1 aromatic rings. The molecule has 1 saturated heterocycles. The van der Waals surface area contributed by atoms with E-state index in [4.69, 9.17) is 11.5 Å². The average molecular weight is 219 g/mol. The fraction of sp³-hybridized carbons (Fsp3) is 0.417. The van der Waals surface area contributed by atoms with Crippen molar-refractivity contribution >= 4 is 5.91 Å². The Morgan fingerprint density at radius 3 is 2.56 bits per heavy atom. The zero-order valence-corrected chi connectivity index (χ0v) is 9.23. The van der Waals surface area contributed by atoms with Gasteiger partial charge in [-0.05, 0) is 24.1 Å². The summed E-state index contributed by atoms with van der Waals surface area (Å²) in [5.41, 5.74) is 12.8. The zero-order valence-electron chi connectivity index (χ0n) is 9.23. The van der Waals surface area contributed by atoms with Crippen LogP contribution in [0, 0.1) is 0 Å². The summed E-state index contributed by atoms with van der Waals surface area (Å²) in [6.07, 6.45) is 1.07. The number of rotatable bonds is 3. The number of nitrogens with zero attached hydrogens (tertiary/aromatic N) is 1. The highest BCUT2D eigenvalue weighted by Gasteiger charge is 2.18. The minimum absolute atomic E-state index is 0.310. The van der Waals surface area contributed by atoms with Crippen molar-refractivity contribution in [3.63, 3.8) is 0 Å². The van der Waals surface area contributed by atoms with Crippen LogP contribution < -0.4 is 11.5 Å². The van der Waals surface area contributed by atoms with Crippen LogP contribution in [0.15, 0.2) is 24.3 Å². The van der Waals surface area contributed by atoms with E-state index < -0.39 is 0 Å². The Balaban J connectivity index is 1.97. The van der Waals surface area contributed by atoms with E-state index in [9.17, 15) is 4.79 Å². The van der Waals surface area contributed by atoms with Crippen molar-refractivity contribution in [2.45, 2.75) is 19.0 Å². The van der Waals surface area contributed by atoms with Crippen molar-refractivity contribution in [1.82, 2.24) is 4.90 Å². The summed E-state index contributed by atoms with van der Waals surface area (Å²) in [7, 11) is 0. The van der Waals surface area contributed by atoms with Gasteiger partial charge in [-0.3, -0.25) is 9.69 Å². The normalized spacial score (nSPS) is 21.2. The SMILES string of the molecule is NC(=O)c1ccc(CN2CC[C@@H](N)C2)cc1. The lowest BCUT2D eigenvalue weighted by molar-refractivity contribution is 0.100. The van der Waals surface area contributed by atoms with Gasteiger partial charge in [0.2, 0.25) is 5.91 Å². The molecule has 0 aliphatic carbocycles.